The van der Waals surface area contributed by atoms with Crippen molar-refractivity contribution < 1.29 is 23.1 Å². The van der Waals surface area contributed by atoms with Crippen LogP contribution in [0.4, 0.5) is 13.2 Å². The molecule has 0 fully saturated rings. The fourth-order valence-corrected chi connectivity index (χ4v) is 1.13. The molecule has 16 heavy (non-hydrogen) atoms. The number of hydrogen-bond acceptors (Lipinski definition) is 3. The maximum Gasteiger partial charge on any atom is 0.434 e. The first-order valence-electron chi connectivity index (χ1n) is 3.68. The van der Waals surface area contributed by atoms with Crippen molar-refractivity contribution >= 4 is 17.6 Å². The lowest BCUT2D eigenvalue weighted by Crippen LogP contribution is -2.16. The summed E-state index contributed by atoms with van der Waals surface area (Å²) in [6.45, 7) is 0. The van der Waals surface area contributed by atoms with Gasteiger partial charge in [-0.15, -0.1) is 0 Å². The molecular weight excluding hydrogens is 249 g/mol. The smallest absolute Gasteiger partial charge is 0.434 e. The quantitative estimate of drug-likeness (QED) is 0.776. The highest BCUT2D eigenvalue weighted by molar-refractivity contribution is 6.30. The van der Waals surface area contributed by atoms with Crippen LogP contribution in [-0.4, -0.2) is 16.1 Å². The van der Waals surface area contributed by atoms with Crippen molar-refractivity contribution in [2.45, 2.75) is 6.18 Å². The van der Waals surface area contributed by atoms with Crippen LogP contribution in [0.3, 0.4) is 0 Å². The fourth-order valence-electron chi connectivity index (χ4n) is 0.948. The van der Waals surface area contributed by atoms with Crippen LogP contribution in [0.15, 0.2) is 6.07 Å². The summed E-state index contributed by atoms with van der Waals surface area (Å²) in [6, 6.07) is 1.99. The maximum atomic E-state index is 12.4. The summed E-state index contributed by atoms with van der Waals surface area (Å²) >= 11 is 5.29. The number of nitriles is 1. The highest BCUT2D eigenvalue weighted by atomic mass is 35.5. The van der Waals surface area contributed by atoms with Gasteiger partial charge in [0.05, 0.1) is 11.1 Å². The van der Waals surface area contributed by atoms with Crippen LogP contribution in [0, 0.1) is 11.3 Å². The standard InChI is InChI=1S/C8H2ClF3N2O2/c9-6-3(2-13)1-4(7(15)16)5(14-6)8(10,11)12/h1H,(H,15,16). The van der Waals surface area contributed by atoms with Gasteiger partial charge in [-0.25, -0.2) is 9.78 Å². The van der Waals surface area contributed by atoms with Crippen molar-refractivity contribution in [1.29, 1.82) is 5.26 Å². The molecule has 0 aromatic carbocycles. The second kappa shape index (κ2) is 3.98. The van der Waals surface area contributed by atoms with Crippen molar-refractivity contribution in [3.05, 3.63) is 28.0 Å². The number of nitrogens with zero attached hydrogens (tertiary/aromatic N) is 2. The normalized spacial score (nSPS) is 10.9. The first kappa shape index (κ1) is 12.3. The lowest BCUT2D eigenvalue weighted by Gasteiger charge is -2.09. The van der Waals surface area contributed by atoms with Gasteiger partial charge >= 0.3 is 12.1 Å². The molecule has 0 radical (unpaired) electrons. The Morgan fingerprint density at radius 1 is 1.56 bits per heavy atom. The van der Waals surface area contributed by atoms with Crippen LogP contribution in [0.1, 0.15) is 21.6 Å². The van der Waals surface area contributed by atoms with E-state index >= 15 is 0 Å². The Balaban J connectivity index is 3.57. The maximum absolute atomic E-state index is 12.4. The number of rotatable bonds is 1. The minimum Gasteiger partial charge on any atom is -0.478 e. The zero-order chi connectivity index (χ0) is 12.5. The predicted molar refractivity (Wildman–Crippen MR) is 45.9 cm³/mol. The van der Waals surface area contributed by atoms with Gasteiger partial charge in [-0.05, 0) is 6.07 Å². The lowest BCUT2D eigenvalue weighted by molar-refractivity contribution is -0.141. The monoisotopic (exact) mass is 250 g/mol. The van der Waals surface area contributed by atoms with Gasteiger partial charge < -0.3 is 5.11 Å². The number of halogens is 4. The van der Waals surface area contributed by atoms with Gasteiger partial charge in [0, 0.05) is 0 Å². The van der Waals surface area contributed by atoms with Crippen molar-refractivity contribution in [1.82, 2.24) is 4.98 Å². The van der Waals surface area contributed by atoms with Gasteiger partial charge in [0.1, 0.15) is 11.2 Å². The molecule has 0 spiro atoms. The molecule has 1 aromatic rings. The Hall–Kier alpha value is -1.81. The topological polar surface area (TPSA) is 74.0 Å². The molecule has 0 atom stereocenters. The highest BCUT2D eigenvalue weighted by Gasteiger charge is 2.38. The minimum atomic E-state index is -4.94. The van der Waals surface area contributed by atoms with Crippen LogP contribution >= 0.6 is 11.6 Å². The van der Waals surface area contributed by atoms with Gasteiger partial charge in [0.2, 0.25) is 0 Å². The molecule has 0 bridgehead atoms. The number of aromatic nitrogens is 1. The van der Waals surface area contributed by atoms with E-state index in [1.54, 1.807) is 0 Å². The van der Waals surface area contributed by atoms with E-state index in [0.717, 1.165) is 0 Å². The van der Waals surface area contributed by atoms with Crippen molar-refractivity contribution in [3.63, 3.8) is 0 Å². The Bertz CT molecular complexity index is 493. The second-order valence-corrected chi connectivity index (χ2v) is 3.00. The third kappa shape index (κ3) is 2.23. The van der Waals surface area contributed by atoms with Crippen LogP contribution in [0.25, 0.3) is 0 Å². The van der Waals surface area contributed by atoms with Crippen molar-refractivity contribution in [3.8, 4) is 6.07 Å². The lowest BCUT2D eigenvalue weighted by atomic mass is 10.1. The largest absolute Gasteiger partial charge is 0.478 e. The first-order chi connectivity index (χ1) is 7.27. The number of carbonyl (C=O) groups is 1. The average molecular weight is 251 g/mol. The third-order valence-corrected chi connectivity index (χ3v) is 1.88. The van der Waals surface area contributed by atoms with E-state index in [2.05, 4.69) is 4.98 Å². The van der Waals surface area contributed by atoms with E-state index in [1.165, 1.54) is 6.07 Å². The summed E-state index contributed by atoms with van der Waals surface area (Å²) in [6.07, 6.45) is -4.94. The van der Waals surface area contributed by atoms with E-state index < -0.39 is 34.1 Å². The molecule has 0 saturated heterocycles. The highest BCUT2D eigenvalue weighted by Crippen LogP contribution is 2.32. The van der Waals surface area contributed by atoms with Gasteiger partial charge in [0.25, 0.3) is 0 Å². The number of pyridine rings is 1. The molecule has 0 unspecified atom stereocenters. The fraction of sp³-hybridized carbons (Fsp3) is 0.125. The summed E-state index contributed by atoms with van der Waals surface area (Å²) < 4.78 is 37.1. The van der Waals surface area contributed by atoms with Gasteiger partial charge in [-0.3, -0.25) is 0 Å². The Morgan fingerprint density at radius 2 is 2.12 bits per heavy atom. The molecule has 1 rings (SSSR count). The minimum absolute atomic E-state index is 0.424. The number of hydrogen-bond donors (Lipinski definition) is 1. The average Bonchev–Trinajstić information content (AvgIpc) is 2.15. The molecular formula is C8H2ClF3N2O2. The van der Waals surface area contributed by atoms with Gasteiger partial charge in [-0.2, -0.15) is 18.4 Å². The Kier molecular flexibility index (Phi) is 3.05. The molecule has 1 heterocycles. The molecule has 1 aromatic heterocycles. The Morgan fingerprint density at radius 3 is 2.50 bits per heavy atom. The molecule has 84 valence electrons. The number of carboxylic acids is 1. The van der Waals surface area contributed by atoms with E-state index in [0.29, 0.717) is 6.07 Å². The summed E-state index contributed by atoms with van der Waals surface area (Å²) in [7, 11) is 0. The van der Waals surface area contributed by atoms with E-state index in [9.17, 15) is 18.0 Å². The SMILES string of the molecule is N#Cc1cc(C(=O)O)c(C(F)(F)F)nc1Cl. The molecule has 0 aliphatic carbocycles. The van der Waals surface area contributed by atoms with Crippen molar-refractivity contribution in [2.75, 3.05) is 0 Å². The number of aromatic carboxylic acids is 1. The second-order valence-electron chi connectivity index (χ2n) is 2.64. The summed E-state index contributed by atoms with van der Waals surface area (Å²) in [5.74, 6) is -1.83. The van der Waals surface area contributed by atoms with Crippen LogP contribution in [-0.2, 0) is 6.18 Å². The molecule has 0 amide bonds. The van der Waals surface area contributed by atoms with Crippen molar-refractivity contribution in [2.24, 2.45) is 0 Å². The Labute approximate surface area is 91.9 Å². The van der Waals surface area contributed by atoms with Crippen LogP contribution in [0.2, 0.25) is 5.15 Å². The molecule has 4 nitrogen and oxygen atoms in total. The molecule has 0 aliphatic heterocycles. The van der Waals surface area contributed by atoms with Gasteiger partial charge in [0.15, 0.2) is 5.69 Å². The molecule has 8 heteroatoms. The summed E-state index contributed by atoms with van der Waals surface area (Å²) in [4.78, 5) is 13.4. The van der Waals surface area contributed by atoms with Crippen LogP contribution in [0.5, 0.6) is 0 Å². The number of alkyl halides is 3. The number of carboxylic acid groups (broad SMARTS) is 1. The predicted octanol–water partition coefficient (Wildman–Crippen LogP) is 2.32. The van der Waals surface area contributed by atoms with Gasteiger partial charge in [-0.1, -0.05) is 11.6 Å². The zero-order valence-electron chi connectivity index (χ0n) is 7.34. The van der Waals surface area contributed by atoms with E-state index in [-0.39, 0.29) is 0 Å². The van der Waals surface area contributed by atoms with E-state index in [4.69, 9.17) is 22.0 Å². The molecule has 0 saturated carbocycles. The summed E-state index contributed by atoms with van der Waals surface area (Å²) in [5.41, 5.74) is -3.15. The third-order valence-electron chi connectivity index (χ3n) is 1.60. The summed E-state index contributed by atoms with van der Waals surface area (Å²) in [5, 5.41) is 16.3. The molecule has 1 N–H and O–H groups in total. The zero-order valence-corrected chi connectivity index (χ0v) is 8.10. The van der Waals surface area contributed by atoms with E-state index in [1.807, 2.05) is 0 Å². The molecule has 0 aliphatic rings. The van der Waals surface area contributed by atoms with Crippen LogP contribution < -0.4 is 0 Å². The first-order valence-corrected chi connectivity index (χ1v) is 4.06.